The van der Waals surface area contributed by atoms with E-state index >= 15 is 0 Å². The van der Waals surface area contributed by atoms with Gasteiger partial charge in [0, 0.05) is 32.0 Å². The van der Waals surface area contributed by atoms with Crippen LogP contribution < -0.4 is 5.73 Å². The summed E-state index contributed by atoms with van der Waals surface area (Å²) in [5.41, 5.74) is 11.1. The lowest BCUT2D eigenvalue weighted by Gasteiger charge is -2.06. The van der Waals surface area contributed by atoms with E-state index in [2.05, 4.69) is 33.3 Å². The Hall–Kier alpha value is -2.69. The molecule has 5 heteroatoms. The van der Waals surface area contributed by atoms with Crippen LogP contribution in [0.25, 0.3) is 11.1 Å². The second kappa shape index (κ2) is 3.65. The monoisotopic (exact) mass is 251 g/mol. The van der Waals surface area contributed by atoms with Crippen molar-refractivity contribution in [1.82, 2.24) is 19.6 Å². The van der Waals surface area contributed by atoms with Gasteiger partial charge in [0.2, 0.25) is 5.95 Å². The highest BCUT2D eigenvalue weighted by Gasteiger charge is 2.18. The maximum absolute atomic E-state index is 5.62. The van der Waals surface area contributed by atoms with Crippen molar-refractivity contribution in [3.05, 3.63) is 59.7 Å². The van der Waals surface area contributed by atoms with Gasteiger partial charge in [0.25, 0.3) is 0 Å². The highest BCUT2D eigenvalue weighted by molar-refractivity contribution is 5.84. The molecule has 0 spiro atoms. The molecule has 1 aliphatic rings. The van der Waals surface area contributed by atoms with E-state index in [1.165, 1.54) is 5.57 Å². The summed E-state index contributed by atoms with van der Waals surface area (Å²) in [6.45, 7) is 0. The van der Waals surface area contributed by atoms with E-state index in [1.54, 1.807) is 12.4 Å². The van der Waals surface area contributed by atoms with Gasteiger partial charge in [-0.05, 0) is 29.3 Å². The van der Waals surface area contributed by atoms with Gasteiger partial charge in [-0.1, -0.05) is 6.08 Å². The number of nitrogen functional groups attached to an aromatic ring is 1. The van der Waals surface area contributed by atoms with Crippen molar-refractivity contribution in [2.75, 3.05) is 5.73 Å². The minimum atomic E-state index is 0. The lowest BCUT2D eigenvalue weighted by Crippen LogP contribution is -1.99. The summed E-state index contributed by atoms with van der Waals surface area (Å²) < 4.78 is 1.85. The molecular weight excluding hydrogens is 238 g/mol. The number of fused-ring (bicyclic) bond motifs is 2. The fraction of sp³-hybridized carbons (Fsp3) is 0.0714. The number of hydrogen-bond acceptors (Lipinski definition) is 4. The minimum Gasteiger partial charge on any atom is -0.368 e. The summed E-state index contributed by atoms with van der Waals surface area (Å²) >= 11 is 0. The van der Waals surface area contributed by atoms with Crippen LogP contribution in [-0.2, 0) is 6.42 Å². The number of rotatable bonds is 1. The maximum atomic E-state index is 5.62. The molecule has 3 heterocycles. The van der Waals surface area contributed by atoms with Crippen molar-refractivity contribution >= 4 is 17.0 Å². The first-order chi connectivity index (χ1) is 9.31. The van der Waals surface area contributed by atoms with Gasteiger partial charge in [-0.2, -0.15) is 5.10 Å². The Bertz CT molecular complexity index is 821. The molecule has 1 aliphatic carbocycles. The fourth-order valence-corrected chi connectivity index (χ4v) is 2.48. The topological polar surface area (TPSA) is 69.1 Å². The third kappa shape index (κ3) is 1.52. The molecule has 0 atom stereocenters. The molecule has 2 N–H and O–H groups in total. The van der Waals surface area contributed by atoms with Crippen molar-refractivity contribution < 1.29 is 1.43 Å². The Morgan fingerprint density at radius 1 is 1.32 bits per heavy atom. The molecule has 0 bridgehead atoms. The second-order valence-corrected chi connectivity index (χ2v) is 4.53. The third-order valence-electron chi connectivity index (χ3n) is 3.39. The summed E-state index contributed by atoms with van der Waals surface area (Å²) in [6, 6.07) is 6.15. The van der Waals surface area contributed by atoms with Crippen molar-refractivity contribution in [3.8, 4) is 0 Å². The van der Waals surface area contributed by atoms with Gasteiger partial charge in [-0.15, -0.1) is 0 Å². The summed E-state index contributed by atoms with van der Waals surface area (Å²) in [5, 5.41) is 4.20. The zero-order valence-electron chi connectivity index (χ0n) is 10.1. The highest BCUT2D eigenvalue weighted by Crippen LogP contribution is 2.31. The fourth-order valence-electron chi connectivity index (χ4n) is 2.48. The number of hydrogen-bond donors (Lipinski definition) is 1. The number of anilines is 1. The van der Waals surface area contributed by atoms with E-state index in [1.807, 2.05) is 16.8 Å². The minimum absolute atomic E-state index is 0. The molecule has 0 fully saturated rings. The van der Waals surface area contributed by atoms with Crippen LogP contribution in [0.4, 0.5) is 5.95 Å². The molecule has 0 aliphatic heterocycles. The average Bonchev–Trinajstić information content (AvgIpc) is 3.02. The van der Waals surface area contributed by atoms with E-state index in [-0.39, 0.29) is 1.43 Å². The molecule has 0 amide bonds. The molecule has 94 valence electrons. The Morgan fingerprint density at radius 3 is 3.21 bits per heavy atom. The van der Waals surface area contributed by atoms with Gasteiger partial charge in [-0.25, -0.2) is 14.5 Å². The standard InChI is InChI=1S/C14H11N5.H2/c15-14-16-8-12-11(1-2-13(12)18-14)9-4-6-19-10(7-9)3-5-17-19;/h1,3-8H,2H2,(H2,15,16,18);1H. The van der Waals surface area contributed by atoms with Gasteiger partial charge < -0.3 is 5.73 Å². The molecule has 0 radical (unpaired) electrons. The molecule has 0 saturated carbocycles. The second-order valence-electron chi connectivity index (χ2n) is 4.53. The van der Waals surface area contributed by atoms with Gasteiger partial charge in [0.15, 0.2) is 0 Å². The summed E-state index contributed by atoms with van der Waals surface area (Å²) in [5.74, 6) is 0.333. The zero-order chi connectivity index (χ0) is 12.8. The third-order valence-corrected chi connectivity index (χ3v) is 3.39. The first-order valence-corrected chi connectivity index (χ1v) is 6.07. The molecule has 3 aromatic heterocycles. The molecule has 0 unspecified atom stereocenters. The van der Waals surface area contributed by atoms with Crippen LogP contribution in [0.2, 0.25) is 0 Å². The largest absolute Gasteiger partial charge is 0.368 e. The average molecular weight is 251 g/mol. The van der Waals surface area contributed by atoms with Crippen molar-refractivity contribution in [1.29, 1.82) is 0 Å². The number of allylic oxidation sites excluding steroid dienone is 1. The van der Waals surface area contributed by atoms with Crippen LogP contribution in [0.1, 0.15) is 18.2 Å². The van der Waals surface area contributed by atoms with Crippen molar-refractivity contribution in [2.45, 2.75) is 6.42 Å². The Balaban J connectivity index is 0.00000121. The van der Waals surface area contributed by atoms with E-state index in [0.29, 0.717) is 5.95 Å². The number of aromatic nitrogens is 4. The molecule has 0 aromatic carbocycles. The summed E-state index contributed by atoms with van der Waals surface area (Å²) in [6.07, 6.45) is 8.53. The van der Waals surface area contributed by atoms with Gasteiger partial charge in [0.05, 0.1) is 11.2 Å². The number of nitrogens with zero attached hydrogens (tertiary/aromatic N) is 4. The Kier molecular flexibility index (Phi) is 1.97. The summed E-state index contributed by atoms with van der Waals surface area (Å²) in [7, 11) is 0. The maximum Gasteiger partial charge on any atom is 0.220 e. The quantitative estimate of drug-likeness (QED) is 0.717. The van der Waals surface area contributed by atoms with Gasteiger partial charge in [0.1, 0.15) is 0 Å². The SMILES string of the molecule is Nc1ncc2c(n1)CC=C2c1ccn2nccc2c1.[HH]. The van der Waals surface area contributed by atoms with Crippen LogP contribution in [-0.4, -0.2) is 19.6 Å². The van der Waals surface area contributed by atoms with Crippen molar-refractivity contribution in [2.24, 2.45) is 0 Å². The lowest BCUT2D eigenvalue weighted by molar-refractivity contribution is 0.960. The molecule has 4 rings (SSSR count). The van der Waals surface area contributed by atoms with Crippen LogP contribution in [0.3, 0.4) is 0 Å². The van der Waals surface area contributed by atoms with Gasteiger partial charge in [-0.3, -0.25) is 0 Å². The predicted molar refractivity (Wildman–Crippen MR) is 74.5 cm³/mol. The van der Waals surface area contributed by atoms with Crippen LogP contribution >= 0.6 is 0 Å². The lowest BCUT2D eigenvalue weighted by atomic mass is 10.0. The van der Waals surface area contributed by atoms with E-state index in [0.717, 1.165) is 28.8 Å². The normalized spacial score (nSPS) is 13.6. The van der Waals surface area contributed by atoms with E-state index < -0.39 is 0 Å². The Labute approximate surface area is 110 Å². The number of nitrogens with two attached hydrogens (primary N) is 1. The molecule has 19 heavy (non-hydrogen) atoms. The Morgan fingerprint density at radius 2 is 2.26 bits per heavy atom. The highest BCUT2D eigenvalue weighted by atomic mass is 15.2. The zero-order valence-corrected chi connectivity index (χ0v) is 10.1. The molecule has 5 nitrogen and oxygen atoms in total. The van der Waals surface area contributed by atoms with E-state index in [4.69, 9.17) is 5.73 Å². The first-order valence-electron chi connectivity index (χ1n) is 6.07. The molecule has 0 saturated heterocycles. The van der Waals surface area contributed by atoms with Crippen LogP contribution in [0.15, 0.2) is 42.9 Å². The van der Waals surface area contributed by atoms with Crippen LogP contribution in [0.5, 0.6) is 0 Å². The molecule has 3 aromatic rings. The first kappa shape index (κ1) is 10.3. The van der Waals surface area contributed by atoms with Crippen molar-refractivity contribution in [3.63, 3.8) is 0 Å². The van der Waals surface area contributed by atoms with Gasteiger partial charge >= 0.3 is 0 Å². The predicted octanol–water partition coefficient (Wildman–Crippen LogP) is 1.94. The number of pyridine rings is 1. The smallest absolute Gasteiger partial charge is 0.220 e. The summed E-state index contributed by atoms with van der Waals surface area (Å²) in [4.78, 5) is 8.37. The molecular formula is C14H13N5. The van der Waals surface area contributed by atoms with Crippen LogP contribution in [0, 0.1) is 0 Å². The van der Waals surface area contributed by atoms with E-state index in [9.17, 15) is 0 Å².